The van der Waals surface area contributed by atoms with Crippen molar-refractivity contribution in [2.45, 2.75) is 32.1 Å². The number of nitrogens with two attached hydrogens (primary N) is 1. The van der Waals surface area contributed by atoms with Gasteiger partial charge in [-0.3, -0.25) is 4.79 Å². The number of carbonyl (C=O) groups is 1. The molecule has 0 aliphatic heterocycles. The number of amides is 1. The van der Waals surface area contributed by atoms with Gasteiger partial charge in [0.05, 0.1) is 17.7 Å². The number of rotatable bonds is 2. The highest BCUT2D eigenvalue weighted by Gasteiger charge is 2.22. The van der Waals surface area contributed by atoms with Gasteiger partial charge >= 0.3 is 0 Å². The van der Waals surface area contributed by atoms with Crippen LogP contribution in [0.3, 0.4) is 0 Å². The summed E-state index contributed by atoms with van der Waals surface area (Å²) in [6, 6.07) is 1.91. The molecule has 4 heteroatoms. The highest BCUT2D eigenvalue weighted by Crippen LogP contribution is 2.36. The molecule has 0 spiro atoms. The van der Waals surface area contributed by atoms with Crippen molar-refractivity contribution in [2.75, 3.05) is 7.11 Å². The zero-order chi connectivity index (χ0) is 12.4. The van der Waals surface area contributed by atoms with Crippen LogP contribution in [-0.2, 0) is 12.8 Å². The summed E-state index contributed by atoms with van der Waals surface area (Å²) in [6.45, 7) is 0. The summed E-state index contributed by atoms with van der Waals surface area (Å²) in [5.41, 5.74) is 8.09. The van der Waals surface area contributed by atoms with Gasteiger partial charge in [0.15, 0.2) is 0 Å². The van der Waals surface area contributed by atoms with E-state index >= 15 is 0 Å². The quantitative estimate of drug-likeness (QED) is 0.824. The molecule has 2 N–H and O–H groups in total. The zero-order valence-corrected chi connectivity index (χ0v) is 10.6. The van der Waals surface area contributed by atoms with Crippen LogP contribution in [0.5, 0.6) is 5.75 Å². The minimum atomic E-state index is -0.456. The topological polar surface area (TPSA) is 52.3 Å². The van der Waals surface area contributed by atoms with Gasteiger partial charge in [0.1, 0.15) is 5.75 Å². The number of carbonyl (C=O) groups excluding carboxylic acids is 1. The predicted molar refractivity (Wildman–Crippen MR) is 67.8 cm³/mol. The fraction of sp³-hybridized carbons (Fsp3) is 0.462. The number of aryl methyl sites for hydroxylation is 1. The lowest BCUT2D eigenvalue weighted by Crippen LogP contribution is -2.17. The lowest BCUT2D eigenvalue weighted by atomic mass is 9.95. The molecule has 92 valence electrons. The maximum atomic E-state index is 11.6. The van der Waals surface area contributed by atoms with Crippen molar-refractivity contribution in [2.24, 2.45) is 5.73 Å². The number of halogens is 1. The SMILES string of the molecule is COc1c(Cl)cc2c(c1C(N)=O)CCCCC2. The molecule has 1 aromatic carbocycles. The molecule has 0 bridgehead atoms. The molecule has 0 unspecified atom stereocenters. The number of fused-ring (bicyclic) bond motifs is 1. The van der Waals surface area contributed by atoms with Crippen LogP contribution < -0.4 is 10.5 Å². The molecule has 1 amide bonds. The first kappa shape index (κ1) is 12.2. The third kappa shape index (κ3) is 2.25. The predicted octanol–water partition coefficient (Wildman–Crippen LogP) is 2.72. The van der Waals surface area contributed by atoms with Crippen molar-refractivity contribution >= 4 is 17.5 Å². The Labute approximate surface area is 106 Å². The Morgan fingerprint density at radius 1 is 1.35 bits per heavy atom. The second-order valence-electron chi connectivity index (χ2n) is 4.33. The minimum Gasteiger partial charge on any atom is -0.494 e. The van der Waals surface area contributed by atoms with E-state index in [0.717, 1.165) is 36.8 Å². The Balaban J connectivity index is 2.66. The van der Waals surface area contributed by atoms with E-state index in [9.17, 15) is 4.79 Å². The van der Waals surface area contributed by atoms with Crippen molar-refractivity contribution in [1.82, 2.24) is 0 Å². The Morgan fingerprint density at radius 2 is 2.06 bits per heavy atom. The molecule has 17 heavy (non-hydrogen) atoms. The molecular formula is C13H16ClNO2. The summed E-state index contributed by atoms with van der Waals surface area (Å²) in [4.78, 5) is 11.6. The molecule has 0 aromatic heterocycles. The highest BCUT2D eigenvalue weighted by molar-refractivity contribution is 6.32. The summed E-state index contributed by atoms with van der Waals surface area (Å²) in [5.74, 6) is -0.0395. The Kier molecular flexibility index (Phi) is 3.57. The molecule has 2 rings (SSSR count). The van der Waals surface area contributed by atoms with E-state index in [1.165, 1.54) is 13.5 Å². The average molecular weight is 254 g/mol. The van der Waals surface area contributed by atoms with Crippen LogP contribution >= 0.6 is 11.6 Å². The number of ether oxygens (including phenoxy) is 1. The number of benzene rings is 1. The minimum absolute atomic E-state index is 0.416. The van der Waals surface area contributed by atoms with Gasteiger partial charge in [-0.2, -0.15) is 0 Å². The number of hydrogen-bond donors (Lipinski definition) is 1. The van der Waals surface area contributed by atoms with Crippen LogP contribution in [0.1, 0.15) is 40.7 Å². The second kappa shape index (κ2) is 4.96. The molecule has 0 radical (unpaired) electrons. The number of hydrogen-bond acceptors (Lipinski definition) is 2. The second-order valence-corrected chi connectivity index (χ2v) is 4.74. The van der Waals surface area contributed by atoms with Crippen molar-refractivity contribution in [3.63, 3.8) is 0 Å². The van der Waals surface area contributed by atoms with E-state index in [2.05, 4.69) is 0 Å². The summed E-state index contributed by atoms with van der Waals surface area (Å²) >= 11 is 6.13. The van der Waals surface area contributed by atoms with Crippen molar-refractivity contribution in [1.29, 1.82) is 0 Å². The van der Waals surface area contributed by atoms with E-state index < -0.39 is 5.91 Å². The maximum Gasteiger partial charge on any atom is 0.252 e. The van der Waals surface area contributed by atoms with Crippen molar-refractivity contribution in [3.8, 4) is 5.75 Å². The van der Waals surface area contributed by atoms with E-state index in [-0.39, 0.29) is 0 Å². The molecule has 0 saturated heterocycles. The van der Waals surface area contributed by atoms with Gasteiger partial charge < -0.3 is 10.5 Å². The van der Waals surface area contributed by atoms with Gasteiger partial charge in [-0.25, -0.2) is 0 Å². The third-order valence-electron chi connectivity index (χ3n) is 3.26. The van der Waals surface area contributed by atoms with Crippen LogP contribution in [0.4, 0.5) is 0 Å². The van der Waals surface area contributed by atoms with E-state index in [0.29, 0.717) is 16.3 Å². The van der Waals surface area contributed by atoms with Gasteiger partial charge in [0, 0.05) is 0 Å². The molecule has 1 aromatic rings. The van der Waals surface area contributed by atoms with Crippen molar-refractivity contribution in [3.05, 3.63) is 27.8 Å². The Bertz CT molecular complexity index is 457. The first-order valence-electron chi connectivity index (χ1n) is 5.83. The van der Waals surface area contributed by atoms with E-state index in [1.54, 1.807) is 0 Å². The normalized spacial score (nSPS) is 14.9. The van der Waals surface area contributed by atoms with E-state index in [4.69, 9.17) is 22.1 Å². The molecular weight excluding hydrogens is 238 g/mol. The third-order valence-corrected chi connectivity index (χ3v) is 3.54. The van der Waals surface area contributed by atoms with Crippen LogP contribution in [0.2, 0.25) is 5.02 Å². The summed E-state index contributed by atoms with van der Waals surface area (Å²) in [6.07, 6.45) is 5.22. The molecule has 1 aliphatic rings. The summed E-state index contributed by atoms with van der Waals surface area (Å²) < 4.78 is 5.21. The fourth-order valence-corrected chi connectivity index (χ4v) is 2.79. The average Bonchev–Trinajstić information content (AvgIpc) is 2.51. The molecule has 1 aliphatic carbocycles. The smallest absolute Gasteiger partial charge is 0.252 e. The summed E-state index contributed by atoms with van der Waals surface area (Å²) in [5, 5.41) is 0.474. The van der Waals surface area contributed by atoms with Crippen molar-refractivity contribution < 1.29 is 9.53 Å². The zero-order valence-electron chi connectivity index (χ0n) is 9.88. The van der Waals surface area contributed by atoms with Crippen LogP contribution in [-0.4, -0.2) is 13.0 Å². The van der Waals surface area contributed by atoms with Gasteiger partial charge in [-0.15, -0.1) is 0 Å². The molecule has 0 atom stereocenters. The first-order chi connectivity index (χ1) is 8.15. The molecule has 0 fully saturated rings. The largest absolute Gasteiger partial charge is 0.494 e. The standard InChI is InChI=1S/C13H16ClNO2/c1-17-12-10(14)7-8-5-3-2-4-6-9(8)11(12)13(15)16/h7H,2-6H2,1H3,(H2,15,16). The first-order valence-corrected chi connectivity index (χ1v) is 6.21. The summed E-state index contributed by atoms with van der Waals surface area (Å²) in [7, 11) is 1.51. The van der Waals surface area contributed by atoms with Gasteiger partial charge in [-0.05, 0) is 42.9 Å². The molecule has 0 saturated carbocycles. The Morgan fingerprint density at radius 3 is 2.71 bits per heavy atom. The van der Waals surface area contributed by atoms with Gasteiger partial charge in [0.25, 0.3) is 5.91 Å². The van der Waals surface area contributed by atoms with Crippen LogP contribution in [0, 0.1) is 0 Å². The lowest BCUT2D eigenvalue weighted by molar-refractivity contribution is 0.0996. The number of primary amides is 1. The lowest BCUT2D eigenvalue weighted by Gasteiger charge is -2.15. The molecule has 3 nitrogen and oxygen atoms in total. The monoisotopic (exact) mass is 253 g/mol. The highest BCUT2D eigenvalue weighted by atomic mass is 35.5. The van der Waals surface area contributed by atoms with Crippen LogP contribution in [0.25, 0.3) is 0 Å². The fourth-order valence-electron chi connectivity index (χ4n) is 2.49. The molecule has 0 heterocycles. The van der Waals surface area contributed by atoms with E-state index in [1.807, 2.05) is 6.07 Å². The number of methoxy groups -OCH3 is 1. The maximum absolute atomic E-state index is 11.6. The van der Waals surface area contributed by atoms with Crippen LogP contribution in [0.15, 0.2) is 6.07 Å². The van der Waals surface area contributed by atoms with Gasteiger partial charge in [0.2, 0.25) is 0 Å². The Hall–Kier alpha value is -1.22. The van der Waals surface area contributed by atoms with Gasteiger partial charge in [-0.1, -0.05) is 18.0 Å².